The van der Waals surface area contributed by atoms with Gasteiger partial charge in [-0.15, -0.1) is 24.0 Å². The summed E-state index contributed by atoms with van der Waals surface area (Å²) in [5.74, 6) is 0.800. The number of nitrogens with zero attached hydrogens (tertiary/aromatic N) is 3. The van der Waals surface area contributed by atoms with E-state index in [1.807, 2.05) is 13.8 Å². The maximum Gasteiger partial charge on any atom is 0.215 e. The van der Waals surface area contributed by atoms with E-state index in [2.05, 4.69) is 20.5 Å². The summed E-state index contributed by atoms with van der Waals surface area (Å²) in [6, 6.07) is 1.13. The van der Waals surface area contributed by atoms with E-state index in [4.69, 9.17) is 0 Å². The molecule has 0 aromatic carbocycles. The van der Waals surface area contributed by atoms with Crippen LogP contribution in [0.15, 0.2) is 4.99 Å². The first-order valence-corrected chi connectivity index (χ1v) is 12.3. The van der Waals surface area contributed by atoms with Gasteiger partial charge in [-0.2, -0.15) is 0 Å². The first kappa shape index (κ1) is 25.9. The van der Waals surface area contributed by atoms with Crippen LogP contribution in [0, 0.1) is 0 Å². The minimum absolute atomic E-state index is 0. The number of aliphatic imine (C=N–C) groups is 1. The zero-order valence-electron chi connectivity index (χ0n) is 17.8. The van der Waals surface area contributed by atoms with E-state index in [-0.39, 0.29) is 29.7 Å². The molecule has 0 aromatic heterocycles. The lowest BCUT2D eigenvalue weighted by Gasteiger charge is -2.40. The molecule has 7 nitrogen and oxygen atoms in total. The lowest BCUT2D eigenvalue weighted by atomic mass is 9.92. The molecule has 0 radical (unpaired) electrons. The van der Waals surface area contributed by atoms with E-state index >= 15 is 0 Å². The van der Waals surface area contributed by atoms with Gasteiger partial charge >= 0.3 is 0 Å². The van der Waals surface area contributed by atoms with Gasteiger partial charge in [0.25, 0.3) is 0 Å². The Morgan fingerprint density at radius 3 is 2.39 bits per heavy atom. The molecule has 1 aliphatic carbocycles. The Balaban J connectivity index is 0.00000392. The second-order valence-corrected chi connectivity index (χ2v) is 9.76. The van der Waals surface area contributed by atoms with Crippen molar-refractivity contribution in [2.45, 2.75) is 70.9 Å². The molecule has 9 heteroatoms. The van der Waals surface area contributed by atoms with Crippen molar-refractivity contribution in [3.05, 3.63) is 0 Å². The van der Waals surface area contributed by atoms with Crippen molar-refractivity contribution in [1.29, 1.82) is 0 Å². The van der Waals surface area contributed by atoms with Crippen LogP contribution in [0.1, 0.15) is 58.8 Å². The summed E-state index contributed by atoms with van der Waals surface area (Å²) in [5, 5.41) is 6.69. The lowest BCUT2D eigenvalue weighted by Crippen LogP contribution is -2.54. The van der Waals surface area contributed by atoms with Crippen LogP contribution >= 0.6 is 24.0 Å². The Labute approximate surface area is 189 Å². The van der Waals surface area contributed by atoms with Crippen LogP contribution in [0.3, 0.4) is 0 Å². The Hall–Kier alpha value is -0.130. The van der Waals surface area contributed by atoms with Crippen LogP contribution in [-0.4, -0.2) is 81.2 Å². The molecule has 0 bridgehead atoms. The number of hydrogen-bond acceptors (Lipinski definition) is 4. The van der Waals surface area contributed by atoms with Gasteiger partial charge in [0.05, 0.1) is 5.75 Å². The molecule has 1 aliphatic heterocycles. The second kappa shape index (κ2) is 13.2. The predicted molar refractivity (Wildman–Crippen MR) is 128 cm³/mol. The monoisotopic (exact) mass is 529 g/mol. The molecule has 2 N–H and O–H groups in total. The van der Waals surface area contributed by atoms with Crippen LogP contribution < -0.4 is 10.6 Å². The number of piperidine rings is 1. The standard InChI is InChI=1S/C19H39N5O2S.HI/c1-4-24(5-2)27(25,26)15-13-21-19(20-3)22-17-10-9-14-23(16-17)18-11-7-6-8-12-18;/h17-18H,4-16H2,1-3H3,(H2,20,21,22);1H. The molecule has 2 rings (SSSR count). The van der Waals surface area contributed by atoms with Gasteiger partial charge in [0.2, 0.25) is 10.0 Å². The normalized spacial score (nSPS) is 22.7. The molecule has 166 valence electrons. The van der Waals surface area contributed by atoms with Gasteiger partial charge in [-0.1, -0.05) is 33.1 Å². The van der Waals surface area contributed by atoms with Crippen molar-refractivity contribution >= 4 is 40.0 Å². The van der Waals surface area contributed by atoms with E-state index in [1.54, 1.807) is 7.05 Å². The van der Waals surface area contributed by atoms with E-state index in [9.17, 15) is 8.42 Å². The lowest BCUT2D eigenvalue weighted by molar-refractivity contribution is 0.115. The third-order valence-electron chi connectivity index (χ3n) is 5.86. The van der Waals surface area contributed by atoms with Crippen LogP contribution in [0.4, 0.5) is 0 Å². The zero-order valence-corrected chi connectivity index (χ0v) is 21.0. The first-order chi connectivity index (χ1) is 13.0. The van der Waals surface area contributed by atoms with Crippen molar-refractivity contribution in [1.82, 2.24) is 19.8 Å². The van der Waals surface area contributed by atoms with Crippen LogP contribution in [0.2, 0.25) is 0 Å². The fourth-order valence-electron chi connectivity index (χ4n) is 4.33. The van der Waals surface area contributed by atoms with E-state index in [0.29, 0.717) is 31.6 Å². The van der Waals surface area contributed by atoms with Gasteiger partial charge in [-0.05, 0) is 32.2 Å². The third kappa shape index (κ3) is 7.95. The largest absolute Gasteiger partial charge is 0.355 e. The third-order valence-corrected chi connectivity index (χ3v) is 7.88. The molecular weight excluding hydrogens is 489 g/mol. The average Bonchev–Trinajstić information content (AvgIpc) is 2.68. The number of rotatable bonds is 8. The fourth-order valence-corrected chi connectivity index (χ4v) is 5.74. The van der Waals surface area contributed by atoms with Gasteiger partial charge in [0, 0.05) is 45.3 Å². The van der Waals surface area contributed by atoms with Gasteiger partial charge in [-0.25, -0.2) is 12.7 Å². The molecule has 1 unspecified atom stereocenters. The summed E-state index contributed by atoms with van der Waals surface area (Å²) < 4.78 is 26.1. The van der Waals surface area contributed by atoms with Crippen LogP contribution in [0.5, 0.6) is 0 Å². The number of nitrogens with one attached hydrogen (secondary N) is 2. The molecule has 0 spiro atoms. The topological polar surface area (TPSA) is 77.0 Å². The molecule has 1 atom stereocenters. The number of guanidine groups is 1. The molecule has 2 fully saturated rings. The molecule has 28 heavy (non-hydrogen) atoms. The smallest absolute Gasteiger partial charge is 0.215 e. The summed E-state index contributed by atoms with van der Waals surface area (Å²) in [6.07, 6.45) is 9.14. The molecule has 2 aliphatic rings. The average molecular weight is 530 g/mol. The molecule has 0 amide bonds. The van der Waals surface area contributed by atoms with Gasteiger partial charge in [0.15, 0.2) is 5.96 Å². The molecule has 1 saturated carbocycles. The highest BCUT2D eigenvalue weighted by atomic mass is 127. The summed E-state index contributed by atoms with van der Waals surface area (Å²) in [5.41, 5.74) is 0. The Morgan fingerprint density at radius 1 is 1.11 bits per heavy atom. The number of likely N-dealkylation sites (tertiary alicyclic amines) is 1. The highest BCUT2D eigenvalue weighted by Gasteiger charge is 2.27. The van der Waals surface area contributed by atoms with Gasteiger partial charge in [0.1, 0.15) is 0 Å². The van der Waals surface area contributed by atoms with Crippen molar-refractivity contribution in [2.75, 3.05) is 45.5 Å². The van der Waals surface area contributed by atoms with Crippen LogP contribution in [0.25, 0.3) is 0 Å². The molecule has 1 saturated heterocycles. The quantitative estimate of drug-likeness (QED) is 0.287. The fraction of sp³-hybridized carbons (Fsp3) is 0.947. The number of hydrogen-bond donors (Lipinski definition) is 2. The molecule has 1 heterocycles. The van der Waals surface area contributed by atoms with Gasteiger partial charge in [-0.3, -0.25) is 9.89 Å². The Morgan fingerprint density at radius 2 is 1.79 bits per heavy atom. The minimum Gasteiger partial charge on any atom is -0.355 e. The first-order valence-electron chi connectivity index (χ1n) is 10.7. The summed E-state index contributed by atoms with van der Waals surface area (Å²) in [4.78, 5) is 6.94. The Bertz CT molecular complexity index is 563. The number of halogens is 1. The zero-order chi connectivity index (χ0) is 19.7. The second-order valence-electron chi connectivity index (χ2n) is 7.67. The minimum atomic E-state index is -3.20. The number of sulfonamides is 1. The van der Waals surface area contributed by atoms with E-state index in [0.717, 1.165) is 19.0 Å². The SMILES string of the molecule is CCN(CC)S(=O)(=O)CCNC(=NC)NC1CCCN(C2CCCCC2)C1.I. The van der Waals surface area contributed by atoms with Crippen molar-refractivity contribution in [2.24, 2.45) is 4.99 Å². The highest BCUT2D eigenvalue weighted by molar-refractivity contribution is 14.0. The maximum absolute atomic E-state index is 12.3. The van der Waals surface area contributed by atoms with E-state index < -0.39 is 10.0 Å². The molecule has 0 aromatic rings. The summed E-state index contributed by atoms with van der Waals surface area (Å²) in [7, 11) is -1.46. The van der Waals surface area contributed by atoms with Gasteiger partial charge < -0.3 is 10.6 Å². The summed E-state index contributed by atoms with van der Waals surface area (Å²) in [6.45, 7) is 7.42. The maximum atomic E-state index is 12.3. The van der Waals surface area contributed by atoms with Crippen molar-refractivity contribution in [3.8, 4) is 0 Å². The highest BCUT2D eigenvalue weighted by Crippen LogP contribution is 2.25. The van der Waals surface area contributed by atoms with Crippen LogP contribution in [-0.2, 0) is 10.0 Å². The van der Waals surface area contributed by atoms with Crippen molar-refractivity contribution in [3.63, 3.8) is 0 Å². The molecular formula is C19H40IN5O2S. The summed E-state index contributed by atoms with van der Waals surface area (Å²) >= 11 is 0. The van der Waals surface area contributed by atoms with E-state index in [1.165, 1.54) is 49.4 Å². The predicted octanol–water partition coefficient (Wildman–Crippen LogP) is 2.24. The Kier molecular flexibility index (Phi) is 12.2. The van der Waals surface area contributed by atoms with Crippen molar-refractivity contribution < 1.29 is 8.42 Å².